The predicted octanol–water partition coefficient (Wildman–Crippen LogP) is 3.35. The summed E-state index contributed by atoms with van der Waals surface area (Å²) in [6.45, 7) is 4.27. The number of aromatic carboxylic acids is 1. The van der Waals surface area contributed by atoms with Crippen molar-refractivity contribution < 1.29 is 29.6 Å². The van der Waals surface area contributed by atoms with Gasteiger partial charge in [0.05, 0.1) is 11.7 Å². The van der Waals surface area contributed by atoms with Gasteiger partial charge in [0.2, 0.25) is 5.91 Å². The molecule has 5 aliphatic rings. The number of nitrogens with two attached hydrogens (primary N) is 1. The van der Waals surface area contributed by atoms with Crippen molar-refractivity contribution in [2.24, 2.45) is 33.4 Å². The van der Waals surface area contributed by atoms with Gasteiger partial charge < -0.3 is 31.1 Å². The van der Waals surface area contributed by atoms with Gasteiger partial charge in [0.15, 0.2) is 10.9 Å². The van der Waals surface area contributed by atoms with Gasteiger partial charge in [-0.2, -0.15) is 0 Å². The highest BCUT2D eigenvalue weighted by Gasteiger charge is 2.71. The van der Waals surface area contributed by atoms with Crippen LogP contribution in [0.3, 0.4) is 0 Å². The number of anilines is 1. The lowest BCUT2D eigenvalue weighted by molar-refractivity contribution is -0.145. The summed E-state index contributed by atoms with van der Waals surface area (Å²) in [6.07, 6.45) is 7.66. The zero-order valence-electron chi connectivity index (χ0n) is 19.6. The number of carboxylic acids is 1. The molecule has 2 saturated carbocycles. The molecule has 10 heteroatoms. The van der Waals surface area contributed by atoms with Gasteiger partial charge in [-0.25, -0.2) is 9.79 Å². The van der Waals surface area contributed by atoms with Crippen molar-refractivity contribution in [3.63, 3.8) is 0 Å². The number of carbonyl (C=O) groups excluding carboxylic acids is 1. The normalized spacial score (nSPS) is 37.4. The Bertz CT molecular complexity index is 1210. The molecule has 35 heavy (non-hydrogen) atoms. The van der Waals surface area contributed by atoms with Crippen molar-refractivity contribution in [2.75, 3.05) is 5.32 Å². The van der Waals surface area contributed by atoms with Crippen LogP contribution in [0.4, 0.5) is 5.69 Å². The molecule has 1 amide bonds. The zero-order chi connectivity index (χ0) is 25.3. The molecule has 4 bridgehead atoms. The molecule has 9 nitrogen and oxygen atoms in total. The van der Waals surface area contributed by atoms with Gasteiger partial charge in [0.1, 0.15) is 17.0 Å². The highest BCUT2D eigenvalue weighted by molar-refractivity contribution is 7.80. The van der Waals surface area contributed by atoms with Crippen LogP contribution >= 0.6 is 12.2 Å². The third-order valence-corrected chi connectivity index (χ3v) is 8.79. The standard InChI is InChI=1S/C25H29N3O6S/c1-23(7-6-17(30)28-18-14(29)4-3-13(19(18)31)21(32)33)16(27-22(26)35)5-8-25-10-12-9-15(20(23)25)34-24(12,2)11-25/h3-5,8,12,15,20,29,31H,6-7,9-11H2,1-2H3,(H2,26,35)(H,28,30)(H,32,33)/b27-16+/t12-,15+,20+,23-,24+,25+/m1/s1. The van der Waals surface area contributed by atoms with Crippen LogP contribution in [0.5, 0.6) is 11.5 Å². The minimum Gasteiger partial charge on any atom is -0.506 e. The maximum Gasteiger partial charge on any atom is 0.339 e. The third-order valence-electron chi connectivity index (χ3n) is 8.70. The number of nitrogens with zero attached hydrogens (tertiary/aromatic N) is 1. The SMILES string of the molecule is C[C@]12C[C@@]34C=C/C(=N\C(N)=S)[C@@](C)(CCC(=O)Nc5c(O)ccc(C(=O)O)c5O)[C@@H]3[C@H](C[C@@H]1C4)O2. The highest BCUT2D eigenvalue weighted by atomic mass is 32.1. The van der Waals surface area contributed by atoms with E-state index in [4.69, 9.17) is 22.7 Å². The first kappa shape index (κ1) is 23.7. The molecular formula is C25H29N3O6S. The predicted molar refractivity (Wildman–Crippen MR) is 133 cm³/mol. The fraction of sp³-hybridized carbons (Fsp3) is 0.520. The molecule has 0 radical (unpaired) electrons. The van der Waals surface area contributed by atoms with E-state index in [1.54, 1.807) is 0 Å². The molecule has 0 aromatic heterocycles. The maximum absolute atomic E-state index is 13.0. The van der Waals surface area contributed by atoms with E-state index in [2.05, 4.69) is 30.2 Å². The average Bonchev–Trinajstić information content (AvgIpc) is 3.12. The van der Waals surface area contributed by atoms with Crippen molar-refractivity contribution in [1.29, 1.82) is 0 Å². The second kappa shape index (κ2) is 7.76. The van der Waals surface area contributed by atoms with Crippen LogP contribution in [-0.4, -0.2) is 49.7 Å². The number of allylic oxidation sites excluding steroid dienone is 2. The van der Waals surface area contributed by atoms with E-state index in [-0.39, 0.29) is 40.3 Å². The summed E-state index contributed by atoms with van der Waals surface area (Å²) in [7, 11) is 0. The van der Waals surface area contributed by atoms with Crippen molar-refractivity contribution in [1.82, 2.24) is 0 Å². The van der Waals surface area contributed by atoms with E-state index in [0.29, 0.717) is 12.3 Å². The number of rotatable bonds is 5. The molecular weight excluding hydrogens is 470 g/mol. The molecule has 6 atom stereocenters. The number of nitrogens with one attached hydrogen (secondary N) is 1. The Labute approximate surface area is 208 Å². The summed E-state index contributed by atoms with van der Waals surface area (Å²) in [5, 5.41) is 32.1. The molecule has 2 aliphatic heterocycles. The largest absolute Gasteiger partial charge is 0.506 e. The van der Waals surface area contributed by atoms with Crippen LogP contribution in [0.25, 0.3) is 0 Å². The summed E-state index contributed by atoms with van der Waals surface area (Å²) in [5.41, 5.74) is 5.04. The molecule has 2 heterocycles. The number of aromatic hydroxyl groups is 2. The average molecular weight is 500 g/mol. The number of benzene rings is 1. The number of hydrogen-bond donors (Lipinski definition) is 5. The second-order valence-corrected chi connectivity index (χ2v) is 11.2. The number of ether oxygens (including phenoxy) is 1. The summed E-state index contributed by atoms with van der Waals surface area (Å²) >= 11 is 5.07. The van der Waals surface area contributed by atoms with Crippen LogP contribution in [0.2, 0.25) is 0 Å². The molecule has 1 aromatic rings. The Morgan fingerprint density at radius 3 is 2.71 bits per heavy atom. The van der Waals surface area contributed by atoms with Crippen molar-refractivity contribution >= 4 is 40.6 Å². The van der Waals surface area contributed by atoms with Crippen LogP contribution in [0.15, 0.2) is 29.3 Å². The maximum atomic E-state index is 13.0. The molecule has 1 spiro atoms. The number of carboxylic acid groups (broad SMARTS) is 1. The molecule has 0 unspecified atom stereocenters. The molecule has 186 valence electrons. The quantitative estimate of drug-likeness (QED) is 0.305. The van der Waals surface area contributed by atoms with Gasteiger partial charge in [0.25, 0.3) is 0 Å². The number of hydrogen-bond acceptors (Lipinski definition) is 6. The van der Waals surface area contributed by atoms with E-state index < -0.39 is 34.4 Å². The zero-order valence-corrected chi connectivity index (χ0v) is 20.4. The van der Waals surface area contributed by atoms with Crippen molar-refractivity contribution in [3.05, 3.63) is 29.8 Å². The van der Waals surface area contributed by atoms with Gasteiger partial charge in [-0.1, -0.05) is 13.0 Å². The number of amides is 1. The monoisotopic (exact) mass is 499 g/mol. The fourth-order valence-electron chi connectivity index (χ4n) is 7.39. The smallest absolute Gasteiger partial charge is 0.339 e. The van der Waals surface area contributed by atoms with E-state index in [9.17, 15) is 24.9 Å². The number of carbonyl (C=O) groups is 2. The number of thiocarbonyl (C=S) groups is 1. The second-order valence-electron chi connectivity index (χ2n) is 10.8. The van der Waals surface area contributed by atoms with Crippen LogP contribution in [0.1, 0.15) is 56.3 Å². The Morgan fingerprint density at radius 2 is 2.06 bits per heavy atom. The van der Waals surface area contributed by atoms with Crippen LogP contribution in [-0.2, 0) is 9.53 Å². The summed E-state index contributed by atoms with van der Waals surface area (Å²) in [6, 6.07) is 2.19. The Morgan fingerprint density at radius 1 is 1.31 bits per heavy atom. The lowest BCUT2D eigenvalue weighted by atomic mass is 9.51. The molecule has 2 saturated heterocycles. The topological polar surface area (TPSA) is 154 Å². The summed E-state index contributed by atoms with van der Waals surface area (Å²) in [5.74, 6) is -2.35. The van der Waals surface area contributed by atoms with E-state index >= 15 is 0 Å². The lowest BCUT2D eigenvalue weighted by Crippen LogP contribution is -2.56. The minimum absolute atomic E-state index is 0.0241. The molecule has 6 rings (SSSR count). The van der Waals surface area contributed by atoms with E-state index in [1.807, 2.05) is 6.08 Å². The van der Waals surface area contributed by atoms with Gasteiger partial charge in [-0.05, 0) is 74.4 Å². The van der Waals surface area contributed by atoms with Gasteiger partial charge in [-0.3, -0.25) is 4.79 Å². The van der Waals surface area contributed by atoms with Crippen LogP contribution < -0.4 is 11.1 Å². The van der Waals surface area contributed by atoms with Crippen molar-refractivity contribution in [3.8, 4) is 11.5 Å². The highest BCUT2D eigenvalue weighted by Crippen LogP contribution is 2.71. The number of phenolic OH excluding ortho intramolecular Hbond substituents is 1. The van der Waals surface area contributed by atoms with Gasteiger partial charge in [-0.15, -0.1) is 0 Å². The molecule has 6 N–H and O–H groups in total. The molecule has 4 fully saturated rings. The number of phenols is 2. The Balaban J connectivity index is 1.42. The third kappa shape index (κ3) is 3.53. The summed E-state index contributed by atoms with van der Waals surface area (Å²) in [4.78, 5) is 28.7. The molecule has 1 aromatic carbocycles. The minimum atomic E-state index is -1.37. The fourth-order valence-corrected chi connectivity index (χ4v) is 7.49. The van der Waals surface area contributed by atoms with Crippen LogP contribution in [0, 0.1) is 22.7 Å². The Hall–Kier alpha value is -2.98. The van der Waals surface area contributed by atoms with Crippen molar-refractivity contribution in [2.45, 2.75) is 57.7 Å². The van der Waals surface area contributed by atoms with E-state index in [1.165, 1.54) is 0 Å². The van der Waals surface area contributed by atoms with Gasteiger partial charge in [0, 0.05) is 23.5 Å². The van der Waals surface area contributed by atoms with E-state index in [0.717, 1.165) is 37.1 Å². The molecule has 3 aliphatic carbocycles. The first-order chi connectivity index (χ1) is 16.4. The summed E-state index contributed by atoms with van der Waals surface area (Å²) < 4.78 is 6.55. The Kier molecular flexibility index (Phi) is 5.27. The first-order valence-electron chi connectivity index (χ1n) is 11.7. The number of aliphatic imine (C=N–C) groups is 1. The first-order valence-corrected chi connectivity index (χ1v) is 12.1. The lowest BCUT2D eigenvalue weighted by Gasteiger charge is -2.56. The van der Waals surface area contributed by atoms with Gasteiger partial charge >= 0.3 is 5.97 Å².